The van der Waals surface area contributed by atoms with Crippen LogP contribution < -0.4 is 4.74 Å². The fourth-order valence-electron chi connectivity index (χ4n) is 2.10. The first kappa shape index (κ1) is 16.0. The van der Waals surface area contributed by atoms with Crippen LogP contribution in [0.15, 0.2) is 18.2 Å². The molecular weight excluding hydrogens is 236 g/mol. The van der Waals surface area contributed by atoms with Crippen LogP contribution in [-0.2, 0) is 4.74 Å². The fourth-order valence-corrected chi connectivity index (χ4v) is 2.10. The van der Waals surface area contributed by atoms with Gasteiger partial charge in [0, 0.05) is 7.11 Å². The molecule has 2 heteroatoms. The Hall–Kier alpha value is -1.02. The van der Waals surface area contributed by atoms with Gasteiger partial charge in [0.25, 0.3) is 0 Å². The summed E-state index contributed by atoms with van der Waals surface area (Å²) in [5.74, 6) is 1.67. The Kier molecular flexibility index (Phi) is 6.36. The van der Waals surface area contributed by atoms with Crippen molar-refractivity contribution in [2.75, 3.05) is 7.11 Å². The summed E-state index contributed by atoms with van der Waals surface area (Å²) in [6.45, 7) is 10.7. The van der Waals surface area contributed by atoms with Gasteiger partial charge < -0.3 is 9.47 Å². The molecule has 1 unspecified atom stereocenters. The Morgan fingerprint density at radius 2 is 1.74 bits per heavy atom. The van der Waals surface area contributed by atoms with E-state index < -0.39 is 0 Å². The molecule has 1 atom stereocenters. The van der Waals surface area contributed by atoms with E-state index in [-0.39, 0.29) is 12.2 Å². The predicted molar refractivity (Wildman–Crippen MR) is 80.8 cm³/mol. The Balaban J connectivity index is 2.85. The zero-order valence-corrected chi connectivity index (χ0v) is 13.2. The van der Waals surface area contributed by atoms with E-state index in [0.717, 1.165) is 12.2 Å². The molecule has 0 saturated carbocycles. The Morgan fingerprint density at radius 1 is 1.05 bits per heavy atom. The normalized spacial score (nSPS) is 13.1. The third-order valence-electron chi connectivity index (χ3n) is 3.24. The highest BCUT2D eigenvalue weighted by Gasteiger charge is 2.13. The molecule has 0 saturated heterocycles. The Labute approximate surface area is 118 Å². The largest absolute Gasteiger partial charge is 0.491 e. The summed E-state index contributed by atoms with van der Waals surface area (Å²) >= 11 is 0. The first-order valence-electron chi connectivity index (χ1n) is 7.24. The molecule has 2 nitrogen and oxygen atoms in total. The number of rotatable bonds is 7. The number of ether oxygens (including phenoxy) is 2. The number of hydrogen-bond donors (Lipinski definition) is 0. The molecule has 1 aromatic rings. The minimum absolute atomic E-state index is 0.164. The van der Waals surface area contributed by atoms with Crippen LogP contribution in [0.4, 0.5) is 0 Å². The monoisotopic (exact) mass is 264 g/mol. The predicted octanol–water partition coefficient (Wildman–Crippen LogP) is 4.91. The van der Waals surface area contributed by atoms with Crippen LogP contribution in [0.25, 0.3) is 0 Å². The second-order valence-electron chi connectivity index (χ2n) is 5.89. The molecule has 1 aromatic carbocycles. The lowest BCUT2D eigenvalue weighted by Gasteiger charge is -2.19. The standard InChI is InChI=1S/C17H28O2/c1-12(2)7-10-16(18-6)15-9-8-14(5)17(11-15)19-13(3)4/h8-9,11-13,16H,7,10H2,1-6H3. The summed E-state index contributed by atoms with van der Waals surface area (Å²) in [4.78, 5) is 0. The van der Waals surface area contributed by atoms with Crippen molar-refractivity contribution in [3.05, 3.63) is 29.3 Å². The van der Waals surface area contributed by atoms with E-state index in [2.05, 4.69) is 52.8 Å². The van der Waals surface area contributed by atoms with Gasteiger partial charge >= 0.3 is 0 Å². The van der Waals surface area contributed by atoms with Crippen LogP contribution in [0.3, 0.4) is 0 Å². The van der Waals surface area contributed by atoms with Gasteiger partial charge in [-0.3, -0.25) is 0 Å². The molecular formula is C17H28O2. The topological polar surface area (TPSA) is 18.5 Å². The molecule has 0 radical (unpaired) electrons. The second-order valence-corrected chi connectivity index (χ2v) is 5.89. The molecule has 0 heterocycles. The molecule has 0 spiro atoms. The highest BCUT2D eigenvalue weighted by Crippen LogP contribution is 2.29. The van der Waals surface area contributed by atoms with Crippen LogP contribution in [0.1, 0.15) is 57.8 Å². The molecule has 108 valence electrons. The summed E-state index contributed by atoms with van der Waals surface area (Å²) < 4.78 is 11.5. The first-order chi connectivity index (χ1) is 8.93. The van der Waals surface area contributed by atoms with E-state index in [0.29, 0.717) is 5.92 Å². The second kappa shape index (κ2) is 7.54. The third kappa shape index (κ3) is 5.23. The molecule has 0 aromatic heterocycles. The van der Waals surface area contributed by atoms with Crippen molar-refractivity contribution < 1.29 is 9.47 Å². The van der Waals surface area contributed by atoms with Gasteiger partial charge in [0.15, 0.2) is 0 Å². The maximum atomic E-state index is 5.85. The van der Waals surface area contributed by atoms with Gasteiger partial charge in [-0.25, -0.2) is 0 Å². The molecule has 0 amide bonds. The molecule has 0 fully saturated rings. The van der Waals surface area contributed by atoms with Crippen LogP contribution in [0.5, 0.6) is 5.75 Å². The van der Waals surface area contributed by atoms with E-state index in [1.165, 1.54) is 17.5 Å². The van der Waals surface area contributed by atoms with Crippen LogP contribution in [0, 0.1) is 12.8 Å². The SMILES string of the molecule is COC(CCC(C)C)c1ccc(C)c(OC(C)C)c1. The van der Waals surface area contributed by atoms with Crippen LogP contribution in [-0.4, -0.2) is 13.2 Å². The molecule has 0 aliphatic carbocycles. The molecule has 19 heavy (non-hydrogen) atoms. The van der Waals surface area contributed by atoms with E-state index >= 15 is 0 Å². The van der Waals surface area contributed by atoms with E-state index in [4.69, 9.17) is 9.47 Å². The lowest BCUT2D eigenvalue weighted by Crippen LogP contribution is -2.08. The Bertz CT molecular complexity index is 383. The van der Waals surface area contributed by atoms with Crippen molar-refractivity contribution in [1.82, 2.24) is 0 Å². The number of aryl methyl sites for hydroxylation is 1. The van der Waals surface area contributed by atoms with Gasteiger partial charge in [-0.1, -0.05) is 26.0 Å². The van der Waals surface area contributed by atoms with Gasteiger partial charge in [-0.05, 0) is 56.7 Å². The highest BCUT2D eigenvalue weighted by molar-refractivity contribution is 5.37. The van der Waals surface area contributed by atoms with Crippen molar-refractivity contribution in [2.45, 2.75) is 59.7 Å². The zero-order chi connectivity index (χ0) is 14.4. The van der Waals surface area contributed by atoms with Gasteiger partial charge in [-0.2, -0.15) is 0 Å². The van der Waals surface area contributed by atoms with E-state index in [9.17, 15) is 0 Å². The van der Waals surface area contributed by atoms with E-state index in [1.54, 1.807) is 7.11 Å². The van der Waals surface area contributed by atoms with Crippen molar-refractivity contribution in [3.63, 3.8) is 0 Å². The maximum absolute atomic E-state index is 5.85. The average Bonchev–Trinajstić information content (AvgIpc) is 2.32. The van der Waals surface area contributed by atoms with Crippen molar-refractivity contribution in [3.8, 4) is 5.75 Å². The highest BCUT2D eigenvalue weighted by atomic mass is 16.5. The molecule has 0 aliphatic rings. The number of benzene rings is 1. The summed E-state index contributed by atoms with van der Waals surface area (Å²) in [5.41, 5.74) is 2.39. The average molecular weight is 264 g/mol. The van der Waals surface area contributed by atoms with Gasteiger partial charge in [-0.15, -0.1) is 0 Å². The van der Waals surface area contributed by atoms with Gasteiger partial charge in [0.1, 0.15) is 5.75 Å². The maximum Gasteiger partial charge on any atom is 0.122 e. The number of methoxy groups -OCH3 is 1. The quantitative estimate of drug-likeness (QED) is 0.697. The lowest BCUT2D eigenvalue weighted by molar-refractivity contribution is 0.0901. The zero-order valence-electron chi connectivity index (χ0n) is 13.2. The number of hydrogen-bond acceptors (Lipinski definition) is 2. The smallest absolute Gasteiger partial charge is 0.122 e. The summed E-state index contributed by atoms with van der Waals surface area (Å²) in [6, 6.07) is 6.40. The fraction of sp³-hybridized carbons (Fsp3) is 0.647. The summed E-state index contributed by atoms with van der Waals surface area (Å²) in [7, 11) is 1.79. The summed E-state index contributed by atoms with van der Waals surface area (Å²) in [5, 5.41) is 0. The Morgan fingerprint density at radius 3 is 2.26 bits per heavy atom. The molecule has 0 bridgehead atoms. The molecule has 1 rings (SSSR count). The summed E-state index contributed by atoms with van der Waals surface area (Å²) in [6.07, 6.45) is 2.59. The lowest BCUT2D eigenvalue weighted by atomic mass is 9.98. The van der Waals surface area contributed by atoms with Crippen LogP contribution in [0.2, 0.25) is 0 Å². The molecule has 0 aliphatic heterocycles. The third-order valence-corrected chi connectivity index (χ3v) is 3.24. The van der Waals surface area contributed by atoms with Crippen molar-refractivity contribution >= 4 is 0 Å². The minimum atomic E-state index is 0.164. The van der Waals surface area contributed by atoms with Crippen molar-refractivity contribution in [1.29, 1.82) is 0 Å². The van der Waals surface area contributed by atoms with Crippen LogP contribution >= 0.6 is 0 Å². The first-order valence-corrected chi connectivity index (χ1v) is 7.24. The van der Waals surface area contributed by atoms with E-state index in [1.807, 2.05) is 0 Å². The van der Waals surface area contributed by atoms with Crippen molar-refractivity contribution in [2.24, 2.45) is 5.92 Å². The molecule has 0 N–H and O–H groups in total. The van der Waals surface area contributed by atoms with Gasteiger partial charge in [0.2, 0.25) is 0 Å². The van der Waals surface area contributed by atoms with Gasteiger partial charge in [0.05, 0.1) is 12.2 Å². The minimum Gasteiger partial charge on any atom is -0.491 e.